The molecule has 0 saturated carbocycles. The van der Waals surface area contributed by atoms with E-state index in [4.69, 9.17) is 0 Å². The highest BCUT2D eigenvalue weighted by molar-refractivity contribution is 7.10. The van der Waals surface area contributed by atoms with Crippen LogP contribution in [0.15, 0.2) is 35.7 Å². The lowest BCUT2D eigenvalue weighted by molar-refractivity contribution is -0.134. The molecule has 0 fully saturated rings. The van der Waals surface area contributed by atoms with Crippen LogP contribution in [0.5, 0.6) is 0 Å². The van der Waals surface area contributed by atoms with E-state index in [1.807, 2.05) is 4.90 Å². The van der Waals surface area contributed by atoms with Crippen molar-refractivity contribution < 1.29 is 19.1 Å². The number of rotatable bonds is 6. The van der Waals surface area contributed by atoms with Gasteiger partial charge in [-0.3, -0.25) is 9.59 Å². The summed E-state index contributed by atoms with van der Waals surface area (Å²) in [5.74, 6) is -0.533. The third-order valence-corrected chi connectivity index (χ3v) is 5.61. The van der Waals surface area contributed by atoms with E-state index in [-0.39, 0.29) is 24.7 Å². The standard InChI is InChI=1S/C20H22N2O4S/c1-26-20(25)15-4-2-14(3-5-15)12-21-18(23)6-7-19(24)22-10-8-17-16(13-22)9-11-27-17/h2-5,9,11H,6-8,10,12-13H2,1H3,(H,21,23). The fourth-order valence-electron chi connectivity index (χ4n) is 3.01. The summed E-state index contributed by atoms with van der Waals surface area (Å²) in [5, 5.41) is 4.87. The Labute approximate surface area is 162 Å². The number of fused-ring (bicyclic) bond motifs is 1. The molecule has 0 bridgehead atoms. The zero-order valence-corrected chi connectivity index (χ0v) is 16.0. The van der Waals surface area contributed by atoms with Crippen molar-refractivity contribution >= 4 is 29.1 Å². The molecule has 1 aliphatic heterocycles. The third-order valence-electron chi connectivity index (χ3n) is 4.59. The SMILES string of the molecule is COC(=O)c1ccc(CNC(=O)CCC(=O)N2CCc3sccc3C2)cc1. The summed E-state index contributed by atoms with van der Waals surface area (Å²) in [4.78, 5) is 39.0. The summed E-state index contributed by atoms with van der Waals surface area (Å²) in [5.41, 5.74) is 2.57. The highest BCUT2D eigenvalue weighted by atomic mass is 32.1. The van der Waals surface area contributed by atoms with Crippen LogP contribution < -0.4 is 5.32 Å². The van der Waals surface area contributed by atoms with Crippen LogP contribution in [0.1, 0.15) is 39.2 Å². The monoisotopic (exact) mass is 386 g/mol. The lowest BCUT2D eigenvalue weighted by atomic mass is 10.1. The fourth-order valence-corrected chi connectivity index (χ4v) is 3.90. The van der Waals surface area contributed by atoms with Crippen LogP contribution in [0.3, 0.4) is 0 Å². The number of nitrogens with zero attached hydrogens (tertiary/aromatic N) is 1. The van der Waals surface area contributed by atoms with Gasteiger partial charge < -0.3 is 15.0 Å². The average molecular weight is 386 g/mol. The van der Waals surface area contributed by atoms with Gasteiger partial charge in [0.05, 0.1) is 12.7 Å². The van der Waals surface area contributed by atoms with E-state index in [9.17, 15) is 14.4 Å². The number of thiophene rings is 1. The number of esters is 1. The Morgan fingerprint density at radius 1 is 1.15 bits per heavy atom. The predicted molar refractivity (Wildman–Crippen MR) is 102 cm³/mol. The molecule has 0 unspecified atom stereocenters. The Morgan fingerprint density at radius 3 is 2.67 bits per heavy atom. The number of hydrogen-bond donors (Lipinski definition) is 1. The molecule has 1 aromatic heterocycles. The van der Waals surface area contributed by atoms with Gasteiger partial charge in [0.15, 0.2) is 0 Å². The van der Waals surface area contributed by atoms with Gasteiger partial charge in [-0.05, 0) is 41.1 Å². The molecular weight excluding hydrogens is 364 g/mol. The largest absolute Gasteiger partial charge is 0.465 e. The average Bonchev–Trinajstić information content (AvgIpc) is 3.18. The second kappa shape index (κ2) is 8.81. The number of amides is 2. The third kappa shape index (κ3) is 4.95. The van der Waals surface area contributed by atoms with Crippen molar-refractivity contribution in [1.29, 1.82) is 0 Å². The maximum atomic E-state index is 12.3. The van der Waals surface area contributed by atoms with Gasteiger partial charge >= 0.3 is 5.97 Å². The van der Waals surface area contributed by atoms with Gasteiger partial charge in [0.2, 0.25) is 11.8 Å². The van der Waals surface area contributed by atoms with Gasteiger partial charge in [-0.15, -0.1) is 11.3 Å². The van der Waals surface area contributed by atoms with E-state index < -0.39 is 5.97 Å². The molecule has 0 saturated heterocycles. The zero-order chi connectivity index (χ0) is 19.2. The molecule has 0 aliphatic carbocycles. The van der Waals surface area contributed by atoms with Crippen LogP contribution in [-0.4, -0.2) is 36.3 Å². The van der Waals surface area contributed by atoms with Crippen molar-refractivity contribution in [3.05, 3.63) is 57.3 Å². The minimum absolute atomic E-state index is 0.0180. The van der Waals surface area contributed by atoms with Crippen LogP contribution in [0.2, 0.25) is 0 Å². The van der Waals surface area contributed by atoms with E-state index in [0.29, 0.717) is 18.7 Å². The first-order valence-electron chi connectivity index (χ1n) is 8.84. The van der Waals surface area contributed by atoms with E-state index in [0.717, 1.165) is 18.5 Å². The van der Waals surface area contributed by atoms with E-state index in [1.54, 1.807) is 35.6 Å². The van der Waals surface area contributed by atoms with Gasteiger partial charge in [-0.2, -0.15) is 0 Å². The second-order valence-corrected chi connectivity index (χ2v) is 7.40. The second-order valence-electron chi connectivity index (χ2n) is 6.40. The molecular formula is C20H22N2O4S. The first-order chi connectivity index (χ1) is 13.1. The number of methoxy groups -OCH3 is 1. The molecule has 142 valence electrons. The molecule has 7 heteroatoms. The summed E-state index contributed by atoms with van der Waals surface area (Å²) >= 11 is 1.74. The molecule has 27 heavy (non-hydrogen) atoms. The summed E-state index contributed by atoms with van der Waals surface area (Å²) in [6, 6.07) is 8.92. The van der Waals surface area contributed by atoms with Crippen molar-refractivity contribution in [3.63, 3.8) is 0 Å². The Morgan fingerprint density at radius 2 is 1.93 bits per heavy atom. The molecule has 1 aromatic carbocycles. The van der Waals surface area contributed by atoms with Crippen LogP contribution in [0.25, 0.3) is 0 Å². The Balaban J connectivity index is 1.41. The van der Waals surface area contributed by atoms with Crippen LogP contribution in [-0.2, 0) is 33.8 Å². The first-order valence-corrected chi connectivity index (χ1v) is 9.71. The molecule has 2 aromatic rings. The zero-order valence-electron chi connectivity index (χ0n) is 15.2. The predicted octanol–water partition coefficient (Wildman–Crippen LogP) is 2.52. The number of benzene rings is 1. The molecule has 0 radical (unpaired) electrons. The Bertz CT molecular complexity index is 829. The molecule has 1 N–H and O–H groups in total. The van der Waals surface area contributed by atoms with Gasteiger partial charge in [0.1, 0.15) is 0 Å². The van der Waals surface area contributed by atoms with Crippen molar-refractivity contribution in [1.82, 2.24) is 10.2 Å². The van der Waals surface area contributed by atoms with Crippen LogP contribution in [0.4, 0.5) is 0 Å². The highest BCUT2D eigenvalue weighted by Crippen LogP contribution is 2.24. The van der Waals surface area contributed by atoms with Crippen molar-refractivity contribution in [2.75, 3.05) is 13.7 Å². The minimum atomic E-state index is -0.392. The highest BCUT2D eigenvalue weighted by Gasteiger charge is 2.21. The lowest BCUT2D eigenvalue weighted by Crippen LogP contribution is -2.36. The molecule has 3 rings (SSSR count). The Hall–Kier alpha value is -2.67. The maximum absolute atomic E-state index is 12.3. The smallest absolute Gasteiger partial charge is 0.337 e. The summed E-state index contributed by atoms with van der Waals surface area (Å²) in [7, 11) is 1.33. The molecule has 2 amide bonds. The van der Waals surface area contributed by atoms with Crippen LogP contribution in [0, 0.1) is 0 Å². The summed E-state index contributed by atoms with van der Waals surface area (Å²) in [6.45, 7) is 1.72. The molecule has 0 atom stereocenters. The van der Waals surface area contributed by atoms with Gasteiger partial charge in [0, 0.05) is 37.4 Å². The maximum Gasteiger partial charge on any atom is 0.337 e. The summed E-state index contributed by atoms with van der Waals surface area (Å²) < 4.78 is 4.65. The van der Waals surface area contributed by atoms with Gasteiger partial charge in [0.25, 0.3) is 0 Å². The fraction of sp³-hybridized carbons (Fsp3) is 0.350. The lowest BCUT2D eigenvalue weighted by Gasteiger charge is -2.27. The topological polar surface area (TPSA) is 75.7 Å². The summed E-state index contributed by atoms with van der Waals surface area (Å²) in [6.07, 6.45) is 1.28. The van der Waals surface area contributed by atoms with Crippen molar-refractivity contribution in [2.24, 2.45) is 0 Å². The number of carbonyl (C=O) groups excluding carboxylic acids is 3. The number of carbonyl (C=O) groups is 3. The number of nitrogens with one attached hydrogen (secondary N) is 1. The molecule has 6 nitrogen and oxygen atoms in total. The quantitative estimate of drug-likeness (QED) is 0.774. The molecule has 2 heterocycles. The normalized spacial score (nSPS) is 13.0. The number of hydrogen-bond acceptors (Lipinski definition) is 5. The van der Waals surface area contributed by atoms with E-state index in [2.05, 4.69) is 21.5 Å². The molecule has 0 spiro atoms. The Kier molecular flexibility index (Phi) is 6.24. The molecule has 1 aliphatic rings. The van der Waals surface area contributed by atoms with Gasteiger partial charge in [-0.25, -0.2) is 4.79 Å². The van der Waals surface area contributed by atoms with E-state index >= 15 is 0 Å². The van der Waals surface area contributed by atoms with Crippen LogP contribution >= 0.6 is 11.3 Å². The van der Waals surface area contributed by atoms with Gasteiger partial charge in [-0.1, -0.05) is 12.1 Å². The first kappa shape index (κ1) is 19.1. The van der Waals surface area contributed by atoms with Crippen molar-refractivity contribution in [3.8, 4) is 0 Å². The number of ether oxygens (including phenoxy) is 1. The van der Waals surface area contributed by atoms with E-state index in [1.165, 1.54) is 17.6 Å². The minimum Gasteiger partial charge on any atom is -0.465 e. The van der Waals surface area contributed by atoms with Crippen molar-refractivity contribution in [2.45, 2.75) is 32.4 Å².